The number of carbonyl (C=O) groups is 1. The summed E-state index contributed by atoms with van der Waals surface area (Å²) in [6.45, 7) is 3.75. The molecule has 0 aliphatic carbocycles. The van der Waals surface area contributed by atoms with E-state index in [1.807, 2.05) is 17.7 Å². The fraction of sp³-hybridized carbons (Fsp3) is 0.444. The first-order chi connectivity index (χ1) is 5.61. The van der Waals surface area contributed by atoms with Gasteiger partial charge >= 0.3 is 5.97 Å². The van der Waals surface area contributed by atoms with Crippen molar-refractivity contribution in [1.29, 1.82) is 0 Å². The quantitative estimate of drug-likeness (QED) is 0.782. The summed E-state index contributed by atoms with van der Waals surface area (Å²) in [5, 5.41) is 12.7. The zero-order chi connectivity index (χ0) is 9.14. The molecule has 0 saturated heterocycles. The van der Waals surface area contributed by atoms with Gasteiger partial charge in [-0.2, -0.15) is 11.3 Å². The molecule has 0 saturated carbocycles. The number of hydrogen-bond donors (Lipinski definition) is 1. The Morgan fingerprint density at radius 2 is 2.33 bits per heavy atom. The molecule has 0 spiro atoms. The minimum Gasteiger partial charge on any atom is -0.481 e. The minimum absolute atomic E-state index is 0.279. The second-order valence-electron chi connectivity index (χ2n) is 3.02. The molecule has 1 aromatic heterocycles. The largest absolute Gasteiger partial charge is 0.481 e. The third kappa shape index (κ3) is 2.08. The molecular weight excluding hydrogens is 172 g/mol. The van der Waals surface area contributed by atoms with E-state index in [-0.39, 0.29) is 5.92 Å². The van der Waals surface area contributed by atoms with Gasteiger partial charge in [0.05, 0.1) is 5.92 Å². The standard InChI is InChI=1S/C9H12O2S/c1-6(9(10)11)3-8-5-12-4-7(8)2/h4-6H,3H2,1-2H3,(H,10,11). The van der Waals surface area contributed by atoms with Crippen molar-refractivity contribution in [3.05, 3.63) is 21.9 Å². The summed E-state index contributed by atoms with van der Waals surface area (Å²) < 4.78 is 0. The Kier molecular flexibility index (Phi) is 2.87. The van der Waals surface area contributed by atoms with Crippen LogP contribution >= 0.6 is 11.3 Å². The molecule has 0 amide bonds. The van der Waals surface area contributed by atoms with Crippen LogP contribution in [0.4, 0.5) is 0 Å². The number of rotatable bonds is 3. The fourth-order valence-electron chi connectivity index (χ4n) is 1.01. The van der Waals surface area contributed by atoms with Crippen LogP contribution < -0.4 is 0 Å². The first-order valence-corrected chi connectivity index (χ1v) is 4.80. The minimum atomic E-state index is -0.722. The Hall–Kier alpha value is -0.830. The molecule has 3 heteroatoms. The Morgan fingerprint density at radius 1 is 1.67 bits per heavy atom. The van der Waals surface area contributed by atoms with Gasteiger partial charge < -0.3 is 5.11 Å². The maximum absolute atomic E-state index is 10.5. The summed E-state index contributed by atoms with van der Waals surface area (Å²) in [7, 11) is 0. The lowest BCUT2D eigenvalue weighted by Gasteiger charge is -2.04. The molecule has 66 valence electrons. The Labute approximate surface area is 75.9 Å². The van der Waals surface area contributed by atoms with Crippen LogP contribution in [0.5, 0.6) is 0 Å². The van der Waals surface area contributed by atoms with Crippen molar-refractivity contribution in [3.8, 4) is 0 Å². The van der Waals surface area contributed by atoms with Gasteiger partial charge in [-0.1, -0.05) is 6.92 Å². The average Bonchev–Trinajstić information content (AvgIpc) is 2.36. The first-order valence-electron chi connectivity index (χ1n) is 3.85. The van der Waals surface area contributed by atoms with Gasteiger partial charge in [-0.3, -0.25) is 4.79 Å². The van der Waals surface area contributed by atoms with Crippen LogP contribution in [-0.4, -0.2) is 11.1 Å². The van der Waals surface area contributed by atoms with E-state index in [9.17, 15) is 4.79 Å². The van der Waals surface area contributed by atoms with Gasteiger partial charge in [0.1, 0.15) is 0 Å². The number of aryl methyl sites for hydroxylation is 1. The Balaban J connectivity index is 2.64. The number of hydrogen-bond acceptors (Lipinski definition) is 2. The Morgan fingerprint density at radius 3 is 2.75 bits per heavy atom. The fourth-order valence-corrected chi connectivity index (χ4v) is 1.88. The zero-order valence-electron chi connectivity index (χ0n) is 7.20. The lowest BCUT2D eigenvalue weighted by molar-refractivity contribution is -0.141. The maximum Gasteiger partial charge on any atom is 0.306 e. The molecule has 1 N–H and O–H groups in total. The van der Waals surface area contributed by atoms with Crippen LogP contribution in [0, 0.1) is 12.8 Å². The summed E-state index contributed by atoms with van der Waals surface area (Å²) in [6, 6.07) is 0. The molecular formula is C9H12O2S. The van der Waals surface area contributed by atoms with Crippen molar-refractivity contribution >= 4 is 17.3 Å². The van der Waals surface area contributed by atoms with Gasteiger partial charge in [0.15, 0.2) is 0 Å². The normalized spacial score (nSPS) is 12.8. The van der Waals surface area contributed by atoms with Crippen molar-refractivity contribution in [2.24, 2.45) is 5.92 Å². The number of carboxylic acid groups (broad SMARTS) is 1. The molecule has 0 radical (unpaired) electrons. The van der Waals surface area contributed by atoms with Crippen molar-refractivity contribution < 1.29 is 9.90 Å². The van der Waals surface area contributed by atoms with E-state index in [0.29, 0.717) is 6.42 Å². The van der Waals surface area contributed by atoms with Gasteiger partial charge in [0.2, 0.25) is 0 Å². The monoisotopic (exact) mass is 184 g/mol. The van der Waals surface area contributed by atoms with Crippen molar-refractivity contribution in [3.63, 3.8) is 0 Å². The molecule has 2 nitrogen and oxygen atoms in total. The van der Waals surface area contributed by atoms with E-state index < -0.39 is 5.97 Å². The summed E-state index contributed by atoms with van der Waals surface area (Å²) in [4.78, 5) is 10.5. The van der Waals surface area contributed by atoms with Gasteiger partial charge in [-0.05, 0) is 35.2 Å². The number of thiophene rings is 1. The zero-order valence-corrected chi connectivity index (χ0v) is 8.02. The van der Waals surface area contributed by atoms with E-state index in [0.717, 1.165) is 5.56 Å². The van der Waals surface area contributed by atoms with Gasteiger partial charge in [0.25, 0.3) is 0 Å². The summed E-state index contributed by atoms with van der Waals surface area (Å²) in [5.41, 5.74) is 2.36. The molecule has 12 heavy (non-hydrogen) atoms. The van der Waals surface area contributed by atoms with Gasteiger partial charge in [-0.15, -0.1) is 0 Å². The van der Waals surface area contributed by atoms with Gasteiger partial charge in [0, 0.05) is 0 Å². The molecule has 0 fully saturated rings. The molecule has 0 bridgehead atoms. The lowest BCUT2D eigenvalue weighted by atomic mass is 10.0. The van der Waals surface area contributed by atoms with Crippen molar-refractivity contribution in [2.45, 2.75) is 20.3 Å². The Bertz CT molecular complexity index is 278. The van der Waals surface area contributed by atoms with Crippen LogP contribution in [0.3, 0.4) is 0 Å². The smallest absolute Gasteiger partial charge is 0.306 e. The summed E-state index contributed by atoms with van der Waals surface area (Å²) in [5.74, 6) is -1.00. The SMILES string of the molecule is Cc1cscc1CC(C)C(=O)O. The van der Waals surface area contributed by atoms with Crippen LogP contribution in [-0.2, 0) is 11.2 Å². The highest BCUT2D eigenvalue weighted by molar-refractivity contribution is 7.08. The molecule has 1 aromatic rings. The topological polar surface area (TPSA) is 37.3 Å². The van der Waals surface area contributed by atoms with Crippen LogP contribution in [0.2, 0.25) is 0 Å². The predicted molar refractivity (Wildman–Crippen MR) is 49.6 cm³/mol. The lowest BCUT2D eigenvalue weighted by Crippen LogP contribution is -2.12. The summed E-state index contributed by atoms with van der Waals surface area (Å²) in [6.07, 6.45) is 0.644. The van der Waals surface area contributed by atoms with Crippen molar-refractivity contribution in [2.75, 3.05) is 0 Å². The maximum atomic E-state index is 10.5. The molecule has 0 aliphatic heterocycles. The average molecular weight is 184 g/mol. The summed E-state index contributed by atoms with van der Waals surface area (Å²) >= 11 is 1.63. The second kappa shape index (κ2) is 3.72. The van der Waals surface area contributed by atoms with Crippen molar-refractivity contribution in [1.82, 2.24) is 0 Å². The number of carboxylic acids is 1. The molecule has 1 heterocycles. The van der Waals surface area contributed by atoms with E-state index in [1.54, 1.807) is 18.3 Å². The highest BCUT2D eigenvalue weighted by Crippen LogP contribution is 2.17. The molecule has 1 atom stereocenters. The van der Waals surface area contributed by atoms with E-state index in [1.165, 1.54) is 5.56 Å². The van der Waals surface area contributed by atoms with Crippen LogP contribution in [0.25, 0.3) is 0 Å². The second-order valence-corrected chi connectivity index (χ2v) is 3.77. The molecule has 0 aromatic carbocycles. The van der Waals surface area contributed by atoms with E-state index >= 15 is 0 Å². The number of aliphatic carboxylic acids is 1. The van der Waals surface area contributed by atoms with Crippen LogP contribution in [0.1, 0.15) is 18.1 Å². The molecule has 1 unspecified atom stereocenters. The van der Waals surface area contributed by atoms with Crippen LogP contribution in [0.15, 0.2) is 10.8 Å². The first kappa shape index (κ1) is 9.26. The van der Waals surface area contributed by atoms with E-state index in [4.69, 9.17) is 5.11 Å². The highest BCUT2D eigenvalue weighted by Gasteiger charge is 2.12. The predicted octanol–water partition coefficient (Wildman–Crippen LogP) is 2.32. The highest BCUT2D eigenvalue weighted by atomic mass is 32.1. The molecule has 0 aliphatic rings. The van der Waals surface area contributed by atoms with E-state index in [2.05, 4.69) is 0 Å². The van der Waals surface area contributed by atoms with Gasteiger partial charge in [-0.25, -0.2) is 0 Å². The molecule has 1 rings (SSSR count). The third-order valence-corrected chi connectivity index (χ3v) is 2.82. The third-order valence-electron chi connectivity index (χ3n) is 1.91.